The van der Waals surface area contributed by atoms with Crippen molar-refractivity contribution in [3.05, 3.63) is 144 Å². The predicted molar refractivity (Wildman–Crippen MR) is 263 cm³/mol. The Morgan fingerprint density at radius 3 is 0.984 bits per heavy atom. The van der Waals surface area contributed by atoms with Crippen molar-refractivity contribution in [3.8, 4) is 22.3 Å². The van der Waals surface area contributed by atoms with E-state index in [1.807, 2.05) is 0 Å². The summed E-state index contributed by atoms with van der Waals surface area (Å²) < 4.78 is 0. The van der Waals surface area contributed by atoms with Crippen LogP contribution in [0.2, 0.25) is 0 Å². The number of benzene rings is 4. The van der Waals surface area contributed by atoms with E-state index in [2.05, 4.69) is 194 Å². The van der Waals surface area contributed by atoms with Gasteiger partial charge >= 0.3 is 26.2 Å². The molecule has 0 aromatic heterocycles. The quantitative estimate of drug-likeness (QED) is 0.155. The SMILES string of the molecule is CC(C)(C)c1cc(-c2cccc3[cH-]c(C4CCCC4)cc23)cc(C(C)(C)C)c1.CC(C)(C)c1cc(-c2cccc3[cH-]c(C4CCCC4)cc23)cc(C(C)(C)C)c1.[CH2-]C[CH2-].[Cl-].[Cl-].[Zr+2]. The number of rotatable bonds is 4. The molecule has 2 saturated carbocycles. The summed E-state index contributed by atoms with van der Waals surface area (Å²) in [7, 11) is 0. The van der Waals surface area contributed by atoms with Crippen molar-refractivity contribution in [1.82, 2.24) is 0 Å². The fourth-order valence-corrected chi connectivity index (χ4v) is 9.31. The second kappa shape index (κ2) is 21.7. The second-order valence-corrected chi connectivity index (χ2v) is 22.1. The van der Waals surface area contributed by atoms with Gasteiger partial charge in [0, 0.05) is 0 Å². The molecule has 6 aromatic rings. The molecule has 0 N–H and O–H groups in total. The summed E-state index contributed by atoms with van der Waals surface area (Å²) in [6.45, 7) is 34.6. The van der Waals surface area contributed by atoms with Gasteiger partial charge in [0.25, 0.3) is 0 Å². The smallest absolute Gasteiger partial charge is 1.00 e. The maximum Gasteiger partial charge on any atom is 2.00 e. The molecule has 0 bridgehead atoms. The van der Waals surface area contributed by atoms with E-state index < -0.39 is 0 Å². The molecule has 2 fully saturated rings. The summed E-state index contributed by atoms with van der Waals surface area (Å²) >= 11 is 0. The molecule has 334 valence electrons. The van der Waals surface area contributed by atoms with Crippen LogP contribution in [0.5, 0.6) is 0 Å². The minimum atomic E-state index is 0. The van der Waals surface area contributed by atoms with Crippen molar-refractivity contribution < 1.29 is 51.0 Å². The first-order valence-electron chi connectivity index (χ1n) is 23.0. The summed E-state index contributed by atoms with van der Waals surface area (Å²) in [4.78, 5) is 0. The van der Waals surface area contributed by atoms with E-state index >= 15 is 0 Å². The molecule has 2 aliphatic rings. The van der Waals surface area contributed by atoms with E-state index in [-0.39, 0.29) is 72.7 Å². The van der Waals surface area contributed by atoms with Crippen LogP contribution in [0.3, 0.4) is 0 Å². The molecule has 0 aliphatic heterocycles. The van der Waals surface area contributed by atoms with Gasteiger partial charge < -0.3 is 45.1 Å². The summed E-state index contributed by atoms with van der Waals surface area (Å²) in [5.41, 5.74) is 14.9. The first-order valence-corrected chi connectivity index (χ1v) is 23.0. The molecule has 0 spiro atoms. The van der Waals surface area contributed by atoms with Crippen molar-refractivity contribution in [2.45, 2.75) is 174 Å². The Morgan fingerprint density at radius 1 is 0.452 bits per heavy atom. The first kappa shape index (κ1) is 53.9. The molecule has 2 aliphatic carbocycles. The average Bonchev–Trinajstić information content (AvgIpc) is 4.00. The molecule has 6 aromatic carbocycles. The van der Waals surface area contributed by atoms with E-state index in [0.29, 0.717) is 0 Å². The number of hydrogen-bond donors (Lipinski definition) is 0. The third kappa shape index (κ3) is 12.9. The largest absolute Gasteiger partial charge is 2.00 e. The van der Waals surface area contributed by atoms with Gasteiger partial charge in [-0.2, -0.15) is 12.1 Å². The second-order valence-electron chi connectivity index (χ2n) is 22.1. The molecule has 0 heterocycles. The fraction of sp³-hybridized carbons (Fsp3) is 0.458. The van der Waals surface area contributed by atoms with Crippen LogP contribution in [0.25, 0.3) is 43.8 Å². The Balaban J connectivity index is 0.000000297. The summed E-state index contributed by atoms with van der Waals surface area (Å²) in [5, 5.41) is 5.65. The number of halogens is 2. The van der Waals surface area contributed by atoms with Crippen LogP contribution >= 0.6 is 0 Å². The van der Waals surface area contributed by atoms with Gasteiger partial charge in [0.15, 0.2) is 0 Å². The van der Waals surface area contributed by atoms with Gasteiger partial charge in [-0.3, -0.25) is 0 Å². The zero-order chi connectivity index (χ0) is 42.9. The van der Waals surface area contributed by atoms with Gasteiger partial charge in [-0.1, -0.05) is 168 Å². The summed E-state index contributed by atoms with van der Waals surface area (Å²) in [6.07, 6.45) is 11.8. The normalized spacial score (nSPS) is 14.9. The van der Waals surface area contributed by atoms with E-state index in [4.69, 9.17) is 0 Å². The van der Waals surface area contributed by atoms with Crippen LogP contribution in [0.1, 0.15) is 186 Å². The Kier molecular flexibility index (Phi) is 18.9. The van der Waals surface area contributed by atoms with Crippen LogP contribution < -0.4 is 24.8 Å². The van der Waals surface area contributed by atoms with Gasteiger partial charge in [0.1, 0.15) is 0 Å². The first-order chi connectivity index (χ1) is 27.7. The number of hydrogen-bond acceptors (Lipinski definition) is 0. The van der Waals surface area contributed by atoms with Gasteiger partial charge in [-0.25, -0.2) is 0 Å². The third-order valence-electron chi connectivity index (χ3n) is 13.2. The Hall–Kier alpha value is -2.44. The van der Waals surface area contributed by atoms with Gasteiger partial charge in [0.05, 0.1) is 0 Å². The van der Waals surface area contributed by atoms with E-state index in [0.717, 1.165) is 18.3 Å². The van der Waals surface area contributed by atoms with Crippen LogP contribution in [0.4, 0.5) is 0 Å². The molecule has 0 amide bonds. The molecule has 0 radical (unpaired) electrons. The molecule has 0 unspecified atom stereocenters. The maximum atomic E-state index is 3.38. The Bertz CT molecular complexity index is 2100. The van der Waals surface area contributed by atoms with Gasteiger partial charge in [0.2, 0.25) is 0 Å². The zero-order valence-corrected chi connectivity index (χ0v) is 44.4. The van der Waals surface area contributed by atoms with Crippen LogP contribution in [0, 0.1) is 13.8 Å². The van der Waals surface area contributed by atoms with Crippen LogP contribution in [0.15, 0.2) is 97.1 Å². The van der Waals surface area contributed by atoms with Crippen molar-refractivity contribution in [3.63, 3.8) is 0 Å². The molecule has 0 atom stereocenters. The van der Waals surface area contributed by atoms with Crippen LogP contribution in [-0.2, 0) is 47.9 Å². The molecule has 0 nitrogen and oxygen atoms in total. The predicted octanol–water partition coefficient (Wildman–Crippen LogP) is 12.0. The molecular weight excluding hydrogens is 871 g/mol. The molecular formula is C59H76Cl2Zr-4. The topological polar surface area (TPSA) is 0 Å². The third-order valence-corrected chi connectivity index (χ3v) is 13.2. The van der Waals surface area contributed by atoms with E-state index in [9.17, 15) is 0 Å². The Labute approximate surface area is 410 Å². The van der Waals surface area contributed by atoms with Gasteiger partial charge in [-0.15, -0.1) is 69.1 Å². The van der Waals surface area contributed by atoms with Crippen molar-refractivity contribution in [2.24, 2.45) is 0 Å². The minimum absolute atomic E-state index is 0. The molecule has 3 heteroatoms. The van der Waals surface area contributed by atoms with Crippen LogP contribution in [-0.4, -0.2) is 0 Å². The minimum Gasteiger partial charge on any atom is -1.00 e. The van der Waals surface area contributed by atoms with Gasteiger partial charge in [-0.05, 0) is 92.6 Å². The molecule has 0 saturated heterocycles. The monoisotopic (exact) mass is 944 g/mol. The summed E-state index contributed by atoms with van der Waals surface area (Å²) in [5.74, 6) is 1.54. The fourth-order valence-electron chi connectivity index (χ4n) is 9.31. The number of fused-ring (bicyclic) bond motifs is 2. The zero-order valence-electron chi connectivity index (χ0n) is 40.4. The Morgan fingerprint density at radius 2 is 0.726 bits per heavy atom. The maximum absolute atomic E-state index is 3.38. The van der Waals surface area contributed by atoms with Crippen molar-refractivity contribution >= 4 is 21.5 Å². The van der Waals surface area contributed by atoms with Crippen molar-refractivity contribution in [1.29, 1.82) is 0 Å². The summed E-state index contributed by atoms with van der Waals surface area (Å²) in [6, 6.07) is 38.1. The van der Waals surface area contributed by atoms with E-state index in [1.54, 1.807) is 11.1 Å². The average molecular weight is 947 g/mol. The standard InChI is InChI=1S/2C28H35.C3H6.2ClH.Zr/c2*1-27(2,3)23-15-22(16-24(18-23)28(4,5)6)25-13-9-12-20-14-21(17-26(20)25)19-10-7-8-11-19;1-3-2;;;/h2*9,12-19H,7-8,10-11H2,1-6H3;1-3H2;2*1H;/q2*-1;-2;;;+2/p-2. The van der Waals surface area contributed by atoms with E-state index in [1.165, 1.54) is 117 Å². The molecule has 8 rings (SSSR count). The van der Waals surface area contributed by atoms with Crippen molar-refractivity contribution in [2.75, 3.05) is 0 Å². The molecule has 62 heavy (non-hydrogen) atoms.